The highest BCUT2D eigenvalue weighted by Crippen LogP contribution is 2.33. The summed E-state index contributed by atoms with van der Waals surface area (Å²) in [6.45, 7) is 2.24. The lowest BCUT2D eigenvalue weighted by molar-refractivity contribution is -0.146. The van der Waals surface area contributed by atoms with Gasteiger partial charge in [0.15, 0.2) is 0 Å². The summed E-state index contributed by atoms with van der Waals surface area (Å²) >= 11 is 0. The van der Waals surface area contributed by atoms with Gasteiger partial charge in [-0.15, -0.1) is 0 Å². The molecule has 4 heteroatoms. The maximum Gasteiger partial charge on any atom is 0.310 e. The molecule has 1 saturated carbocycles. The fourth-order valence-electron chi connectivity index (χ4n) is 3.50. The predicted molar refractivity (Wildman–Crippen MR) is 105 cm³/mol. The first-order valence-corrected chi connectivity index (χ1v) is 9.57. The molecule has 0 spiro atoms. The van der Waals surface area contributed by atoms with Crippen molar-refractivity contribution in [2.24, 2.45) is 5.92 Å². The first-order valence-electron chi connectivity index (χ1n) is 9.57. The van der Waals surface area contributed by atoms with E-state index in [1.165, 1.54) is 7.11 Å². The molecule has 0 aromatic heterocycles. The lowest BCUT2D eigenvalue weighted by Gasteiger charge is -2.27. The van der Waals surface area contributed by atoms with Gasteiger partial charge in [-0.2, -0.15) is 0 Å². The molecule has 1 amide bonds. The molecule has 2 aromatic carbocycles. The fourth-order valence-corrected chi connectivity index (χ4v) is 3.50. The first kappa shape index (κ1) is 19.2. The maximum atomic E-state index is 13.2. The van der Waals surface area contributed by atoms with E-state index >= 15 is 0 Å². The molecular formula is C23H27NO3. The molecule has 0 radical (unpaired) electrons. The number of carbonyl (C=O) groups is 2. The van der Waals surface area contributed by atoms with Gasteiger partial charge in [0.1, 0.15) is 0 Å². The van der Waals surface area contributed by atoms with E-state index in [1.54, 1.807) is 0 Å². The number of methoxy groups -OCH3 is 1. The number of hydrogen-bond donors (Lipinski definition) is 0. The SMILES string of the molecule is COC(=O)C(C)CN(C(=O)CC(c1ccccc1)c1ccccc1)C1CC1. The van der Waals surface area contributed by atoms with Crippen LogP contribution in [-0.4, -0.2) is 36.5 Å². The molecule has 0 N–H and O–H groups in total. The Morgan fingerprint density at radius 2 is 1.52 bits per heavy atom. The molecule has 3 rings (SSSR count). The van der Waals surface area contributed by atoms with Crippen LogP contribution >= 0.6 is 0 Å². The van der Waals surface area contributed by atoms with Crippen molar-refractivity contribution in [2.45, 2.75) is 38.1 Å². The Labute approximate surface area is 161 Å². The van der Waals surface area contributed by atoms with E-state index < -0.39 is 0 Å². The van der Waals surface area contributed by atoms with Crippen LogP contribution in [0.25, 0.3) is 0 Å². The average molecular weight is 365 g/mol. The van der Waals surface area contributed by atoms with Crippen molar-refractivity contribution in [1.29, 1.82) is 0 Å². The van der Waals surface area contributed by atoms with Crippen LogP contribution in [0.5, 0.6) is 0 Å². The fraction of sp³-hybridized carbons (Fsp3) is 0.391. The van der Waals surface area contributed by atoms with Gasteiger partial charge in [0, 0.05) is 24.9 Å². The quantitative estimate of drug-likeness (QED) is 0.664. The number of rotatable bonds is 8. The number of esters is 1. The Kier molecular flexibility index (Phi) is 6.28. The van der Waals surface area contributed by atoms with Crippen LogP contribution in [-0.2, 0) is 14.3 Å². The Morgan fingerprint density at radius 3 is 1.96 bits per heavy atom. The van der Waals surface area contributed by atoms with Gasteiger partial charge < -0.3 is 9.64 Å². The Balaban J connectivity index is 1.79. The summed E-state index contributed by atoms with van der Waals surface area (Å²) in [5.74, 6) is -0.469. The number of hydrogen-bond acceptors (Lipinski definition) is 3. The van der Waals surface area contributed by atoms with E-state index in [0.29, 0.717) is 13.0 Å². The Bertz CT molecular complexity index is 716. The van der Waals surface area contributed by atoms with E-state index in [4.69, 9.17) is 4.74 Å². The summed E-state index contributed by atoms with van der Waals surface area (Å²) in [5, 5.41) is 0. The van der Waals surface area contributed by atoms with Crippen molar-refractivity contribution in [1.82, 2.24) is 4.90 Å². The van der Waals surface area contributed by atoms with Crippen molar-refractivity contribution >= 4 is 11.9 Å². The Morgan fingerprint density at radius 1 is 1.00 bits per heavy atom. The lowest BCUT2D eigenvalue weighted by Crippen LogP contribution is -2.39. The highest BCUT2D eigenvalue weighted by molar-refractivity contribution is 5.80. The lowest BCUT2D eigenvalue weighted by atomic mass is 9.88. The normalized spacial score (nSPS) is 14.6. The third-order valence-corrected chi connectivity index (χ3v) is 5.16. The van der Waals surface area contributed by atoms with Crippen molar-refractivity contribution in [3.8, 4) is 0 Å². The van der Waals surface area contributed by atoms with Crippen LogP contribution in [0.15, 0.2) is 60.7 Å². The molecular weight excluding hydrogens is 338 g/mol. The molecule has 27 heavy (non-hydrogen) atoms. The highest BCUT2D eigenvalue weighted by atomic mass is 16.5. The summed E-state index contributed by atoms with van der Waals surface area (Å²) in [4.78, 5) is 26.9. The minimum atomic E-state index is -0.313. The third-order valence-electron chi connectivity index (χ3n) is 5.16. The molecule has 0 aliphatic heterocycles. The second-order valence-electron chi connectivity index (χ2n) is 7.28. The summed E-state index contributed by atoms with van der Waals surface area (Å²) < 4.78 is 4.84. The number of ether oxygens (including phenoxy) is 1. The van der Waals surface area contributed by atoms with E-state index in [9.17, 15) is 9.59 Å². The standard InChI is InChI=1S/C23H27NO3/c1-17(23(26)27-2)16-24(20-13-14-20)22(25)15-21(18-9-5-3-6-10-18)19-11-7-4-8-12-19/h3-12,17,20-21H,13-16H2,1-2H3. The second kappa shape index (κ2) is 8.85. The molecule has 0 bridgehead atoms. The van der Waals surface area contributed by atoms with Crippen molar-refractivity contribution < 1.29 is 14.3 Å². The van der Waals surface area contributed by atoms with Crippen LogP contribution in [0.3, 0.4) is 0 Å². The van der Waals surface area contributed by atoms with Gasteiger partial charge in [-0.3, -0.25) is 9.59 Å². The minimum Gasteiger partial charge on any atom is -0.469 e. The zero-order chi connectivity index (χ0) is 19.2. The largest absolute Gasteiger partial charge is 0.469 e. The second-order valence-corrected chi connectivity index (χ2v) is 7.28. The number of amides is 1. The van der Waals surface area contributed by atoms with E-state index in [-0.39, 0.29) is 29.8 Å². The number of benzene rings is 2. The molecule has 1 aliphatic rings. The Hall–Kier alpha value is -2.62. The monoisotopic (exact) mass is 365 g/mol. The van der Waals surface area contributed by atoms with Gasteiger partial charge in [0.2, 0.25) is 5.91 Å². The summed E-state index contributed by atoms with van der Waals surface area (Å²) in [6, 6.07) is 20.6. The highest BCUT2D eigenvalue weighted by Gasteiger charge is 2.35. The van der Waals surface area contributed by atoms with E-state index in [2.05, 4.69) is 24.3 Å². The molecule has 1 atom stereocenters. The zero-order valence-electron chi connectivity index (χ0n) is 16.0. The molecule has 142 valence electrons. The third kappa shape index (κ3) is 4.97. The van der Waals surface area contributed by atoms with Gasteiger partial charge in [0.25, 0.3) is 0 Å². The van der Waals surface area contributed by atoms with Crippen molar-refractivity contribution in [2.75, 3.05) is 13.7 Å². The van der Waals surface area contributed by atoms with Crippen LogP contribution in [0.4, 0.5) is 0 Å². The summed E-state index contributed by atoms with van der Waals surface area (Å²) in [5.41, 5.74) is 2.27. The maximum absolute atomic E-state index is 13.2. The summed E-state index contributed by atoms with van der Waals surface area (Å²) in [6.07, 6.45) is 2.43. The smallest absolute Gasteiger partial charge is 0.310 e. The predicted octanol–water partition coefficient (Wildman–Crippen LogP) is 4.01. The molecule has 4 nitrogen and oxygen atoms in total. The van der Waals surface area contributed by atoms with Gasteiger partial charge in [-0.05, 0) is 24.0 Å². The van der Waals surface area contributed by atoms with Crippen LogP contribution in [0, 0.1) is 5.92 Å². The average Bonchev–Trinajstić information content (AvgIpc) is 3.55. The topological polar surface area (TPSA) is 46.6 Å². The molecule has 1 aliphatic carbocycles. The van der Waals surface area contributed by atoms with Gasteiger partial charge in [0.05, 0.1) is 13.0 Å². The summed E-state index contributed by atoms with van der Waals surface area (Å²) in [7, 11) is 1.39. The molecule has 2 aromatic rings. The molecule has 0 heterocycles. The zero-order valence-corrected chi connectivity index (χ0v) is 16.0. The van der Waals surface area contributed by atoms with Crippen LogP contribution in [0.2, 0.25) is 0 Å². The first-order chi connectivity index (χ1) is 13.1. The molecule has 1 unspecified atom stereocenters. The van der Waals surface area contributed by atoms with Crippen molar-refractivity contribution in [3.05, 3.63) is 71.8 Å². The number of nitrogens with zero attached hydrogens (tertiary/aromatic N) is 1. The van der Waals surface area contributed by atoms with E-state index in [0.717, 1.165) is 24.0 Å². The van der Waals surface area contributed by atoms with Crippen LogP contribution < -0.4 is 0 Å². The van der Waals surface area contributed by atoms with Crippen LogP contribution in [0.1, 0.15) is 43.2 Å². The van der Waals surface area contributed by atoms with Gasteiger partial charge in [-0.25, -0.2) is 0 Å². The van der Waals surface area contributed by atoms with Gasteiger partial charge >= 0.3 is 5.97 Å². The minimum absolute atomic E-state index is 0.00887. The molecule has 1 fully saturated rings. The number of carbonyl (C=O) groups excluding carboxylic acids is 2. The molecule has 0 saturated heterocycles. The van der Waals surface area contributed by atoms with Crippen molar-refractivity contribution in [3.63, 3.8) is 0 Å². The van der Waals surface area contributed by atoms with Gasteiger partial charge in [-0.1, -0.05) is 67.6 Å². The van der Waals surface area contributed by atoms with E-state index in [1.807, 2.05) is 48.2 Å².